The molecule has 4 nitrogen and oxygen atoms in total. The zero-order valence-electron chi connectivity index (χ0n) is 8.32. The Kier molecular flexibility index (Phi) is 2.23. The van der Waals surface area contributed by atoms with Crippen LogP contribution in [-0.4, -0.2) is 19.7 Å². The van der Waals surface area contributed by atoms with Gasteiger partial charge in [0.05, 0.1) is 6.20 Å². The fourth-order valence-corrected chi connectivity index (χ4v) is 2.26. The van der Waals surface area contributed by atoms with Crippen LogP contribution >= 0.6 is 11.3 Å². The molecule has 0 atom stereocenters. The maximum atomic E-state index is 4.37. The smallest absolute Gasteiger partial charge is 0.139 e. The summed E-state index contributed by atoms with van der Waals surface area (Å²) in [7, 11) is 0. The number of hydrogen-bond donors (Lipinski definition) is 0. The molecule has 78 valence electrons. The summed E-state index contributed by atoms with van der Waals surface area (Å²) in [5.74, 6) is 0. The second-order valence-electron chi connectivity index (χ2n) is 3.21. The average Bonchev–Trinajstić information content (AvgIpc) is 3.01. The normalized spacial score (nSPS) is 10.5. The number of aromatic nitrogens is 4. The molecule has 0 aliphatic heterocycles. The van der Waals surface area contributed by atoms with E-state index in [4.69, 9.17) is 0 Å². The highest BCUT2D eigenvalue weighted by Crippen LogP contribution is 2.26. The zero-order chi connectivity index (χ0) is 10.8. The van der Waals surface area contributed by atoms with Gasteiger partial charge < -0.3 is 0 Å². The molecule has 0 aliphatic rings. The summed E-state index contributed by atoms with van der Waals surface area (Å²) in [5.41, 5.74) is 1.12. The van der Waals surface area contributed by atoms with E-state index in [0.29, 0.717) is 0 Å². The van der Waals surface area contributed by atoms with E-state index < -0.39 is 0 Å². The summed E-state index contributed by atoms with van der Waals surface area (Å²) in [6.45, 7) is 0. The van der Waals surface area contributed by atoms with Crippen LogP contribution < -0.4 is 0 Å². The van der Waals surface area contributed by atoms with Gasteiger partial charge >= 0.3 is 0 Å². The number of benzene rings is 1. The molecule has 5 heteroatoms. The third kappa shape index (κ3) is 1.61. The number of nitrogens with zero attached hydrogens (tertiary/aromatic N) is 4. The lowest BCUT2D eigenvalue weighted by Crippen LogP contribution is -1.88. The number of hydrogen-bond acceptors (Lipinski definition) is 4. The lowest BCUT2D eigenvalue weighted by Gasteiger charge is -1.93. The van der Waals surface area contributed by atoms with Crippen LogP contribution in [0.3, 0.4) is 0 Å². The van der Waals surface area contributed by atoms with E-state index >= 15 is 0 Å². The molecule has 0 radical (unpaired) electrons. The molecule has 0 saturated carbocycles. The molecule has 0 fully saturated rings. The second-order valence-corrected chi connectivity index (χ2v) is 4.22. The van der Waals surface area contributed by atoms with E-state index in [2.05, 4.69) is 15.1 Å². The lowest BCUT2D eigenvalue weighted by molar-refractivity contribution is 0.893. The van der Waals surface area contributed by atoms with E-state index in [1.165, 1.54) is 6.33 Å². The quantitative estimate of drug-likeness (QED) is 0.676. The van der Waals surface area contributed by atoms with Crippen LogP contribution in [-0.2, 0) is 0 Å². The summed E-state index contributed by atoms with van der Waals surface area (Å²) in [6.07, 6.45) is 4.99. The Hall–Kier alpha value is -2.01. The van der Waals surface area contributed by atoms with Gasteiger partial charge in [0.2, 0.25) is 0 Å². The van der Waals surface area contributed by atoms with Crippen molar-refractivity contribution in [2.45, 2.75) is 0 Å². The fourth-order valence-electron chi connectivity index (χ4n) is 1.41. The molecule has 0 unspecified atom stereocenters. The predicted molar refractivity (Wildman–Crippen MR) is 62.5 cm³/mol. The Balaban J connectivity index is 2.00. The van der Waals surface area contributed by atoms with Crippen molar-refractivity contribution < 1.29 is 0 Å². The van der Waals surface area contributed by atoms with Gasteiger partial charge in [-0.15, -0.1) is 0 Å². The van der Waals surface area contributed by atoms with Crippen LogP contribution in [0, 0.1) is 0 Å². The van der Waals surface area contributed by atoms with Crippen LogP contribution in [0.5, 0.6) is 0 Å². The highest BCUT2D eigenvalue weighted by molar-refractivity contribution is 7.17. The van der Waals surface area contributed by atoms with Gasteiger partial charge in [0, 0.05) is 5.56 Å². The van der Waals surface area contributed by atoms with Crippen LogP contribution in [0.4, 0.5) is 0 Å². The molecule has 3 aromatic rings. The van der Waals surface area contributed by atoms with Crippen molar-refractivity contribution in [3.05, 3.63) is 49.2 Å². The van der Waals surface area contributed by atoms with Gasteiger partial charge in [-0.05, 0) is 0 Å². The van der Waals surface area contributed by atoms with Gasteiger partial charge in [0.15, 0.2) is 0 Å². The summed E-state index contributed by atoms with van der Waals surface area (Å²) < 4.78 is 1.71. The summed E-state index contributed by atoms with van der Waals surface area (Å²) in [5, 5.41) is 6.03. The minimum atomic E-state index is 0.969. The SMILES string of the molecule is c1ccc(-c2ncc(-n3cncn3)s2)cc1. The zero-order valence-corrected chi connectivity index (χ0v) is 9.13. The third-order valence-electron chi connectivity index (χ3n) is 2.16. The van der Waals surface area contributed by atoms with Crippen molar-refractivity contribution in [2.75, 3.05) is 0 Å². The van der Waals surface area contributed by atoms with E-state index in [0.717, 1.165) is 15.6 Å². The summed E-state index contributed by atoms with van der Waals surface area (Å²) >= 11 is 1.59. The van der Waals surface area contributed by atoms with Crippen molar-refractivity contribution in [2.24, 2.45) is 0 Å². The monoisotopic (exact) mass is 228 g/mol. The molecule has 0 amide bonds. The first-order valence-electron chi connectivity index (χ1n) is 4.80. The summed E-state index contributed by atoms with van der Waals surface area (Å²) in [6, 6.07) is 10.1. The maximum Gasteiger partial charge on any atom is 0.139 e. The van der Waals surface area contributed by atoms with Crippen molar-refractivity contribution in [1.82, 2.24) is 19.7 Å². The molecule has 2 heterocycles. The Labute approximate surface area is 96.2 Å². The fraction of sp³-hybridized carbons (Fsp3) is 0. The predicted octanol–water partition coefficient (Wildman–Crippen LogP) is 2.39. The molecule has 0 bridgehead atoms. The highest BCUT2D eigenvalue weighted by Gasteiger charge is 2.05. The third-order valence-corrected chi connectivity index (χ3v) is 3.19. The number of thiazole rings is 1. The van der Waals surface area contributed by atoms with E-state index in [-0.39, 0.29) is 0 Å². The standard InChI is InChI=1S/C11H8N4S/c1-2-4-9(5-3-1)11-13-6-10(16-11)15-8-12-7-14-15/h1-8H. The largest absolute Gasteiger partial charge is 0.242 e. The molecular weight excluding hydrogens is 220 g/mol. The Morgan fingerprint density at radius 2 is 2.00 bits per heavy atom. The first-order chi connectivity index (χ1) is 7.93. The van der Waals surface area contributed by atoms with Gasteiger partial charge in [-0.25, -0.2) is 14.6 Å². The first kappa shape index (κ1) is 9.23. The van der Waals surface area contributed by atoms with Crippen molar-refractivity contribution in [1.29, 1.82) is 0 Å². The summed E-state index contributed by atoms with van der Waals surface area (Å²) in [4.78, 5) is 8.28. The topological polar surface area (TPSA) is 43.6 Å². The van der Waals surface area contributed by atoms with Crippen LogP contribution in [0.25, 0.3) is 15.6 Å². The van der Waals surface area contributed by atoms with Crippen LogP contribution in [0.2, 0.25) is 0 Å². The Morgan fingerprint density at radius 1 is 1.12 bits per heavy atom. The molecule has 0 N–H and O–H groups in total. The molecule has 1 aromatic carbocycles. The molecule has 0 saturated heterocycles. The number of rotatable bonds is 2. The van der Waals surface area contributed by atoms with Crippen molar-refractivity contribution in [3.63, 3.8) is 0 Å². The van der Waals surface area contributed by atoms with Gasteiger partial charge in [-0.2, -0.15) is 5.10 Å². The first-order valence-corrected chi connectivity index (χ1v) is 5.61. The Morgan fingerprint density at radius 3 is 2.75 bits per heavy atom. The second kappa shape index (κ2) is 3.86. The van der Waals surface area contributed by atoms with Gasteiger partial charge in [-0.1, -0.05) is 41.7 Å². The average molecular weight is 228 g/mol. The van der Waals surface area contributed by atoms with Gasteiger partial charge in [0.25, 0.3) is 0 Å². The molecular formula is C11H8N4S. The Bertz CT molecular complexity index is 571. The molecule has 16 heavy (non-hydrogen) atoms. The molecule has 3 rings (SSSR count). The molecule has 0 spiro atoms. The van der Waals surface area contributed by atoms with E-state index in [9.17, 15) is 0 Å². The minimum absolute atomic E-state index is 0.969. The van der Waals surface area contributed by atoms with Crippen LogP contribution in [0.1, 0.15) is 0 Å². The van der Waals surface area contributed by atoms with Gasteiger partial charge in [0.1, 0.15) is 22.7 Å². The van der Waals surface area contributed by atoms with Crippen LogP contribution in [0.15, 0.2) is 49.2 Å². The maximum absolute atomic E-state index is 4.37. The highest BCUT2D eigenvalue weighted by atomic mass is 32.1. The van der Waals surface area contributed by atoms with Crippen molar-refractivity contribution >= 4 is 11.3 Å². The van der Waals surface area contributed by atoms with E-state index in [1.54, 1.807) is 22.3 Å². The van der Waals surface area contributed by atoms with Gasteiger partial charge in [-0.3, -0.25) is 0 Å². The van der Waals surface area contributed by atoms with E-state index in [1.807, 2.05) is 36.5 Å². The molecule has 0 aliphatic carbocycles. The minimum Gasteiger partial charge on any atom is -0.242 e. The molecule has 2 aromatic heterocycles. The van der Waals surface area contributed by atoms with Crippen molar-refractivity contribution in [3.8, 4) is 15.6 Å². The lowest BCUT2D eigenvalue weighted by atomic mass is 10.2.